The first kappa shape index (κ1) is 26.3. The standard InChI is InChI=1S/C32H33N7O2/c1-23-29-30(37-18-11-19-38(21-20-37)32(40)33-26-16-9-10-17-27(26)41-2)34-28(22-24-12-5-3-6-13-24)35-31(29)39(36-23)25-14-7-4-8-15-25/h3-10,12-17H,11,18-22H2,1-2H3,(H,33,40). The van der Waals surface area contributed by atoms with Gasteiger partial charge in [0.15, 0.2) is 5.65 Å². The molecular formula is C32H33N7O2. The maximum atomic E-state index is 13.2. The number of nitrogens with zero attached hydrogens (tertiary/aromatic N) is 6. The summed E-state index contributed by atoms with van der Waals surface area (Å²) in [5.41, 5.74) is 4.43. The van der Waals surface area contributed by atoms with Crippen LogP contribution >= 0.6 is 0 Å². The van der Waals surface area contributed by atoms with Crippen LogP contribution < -0.4 is 15.0 Å². The van der Waals surface area contributed by atoms with Gasteiger partial charge in [0.05, 0.1) is 29.6 Å². The number of urea groups is 1. The van der Waals surface area contributed by atoms with Crippen molar-refractivity contribution >= 4 is 28.6 Å². The molecule has 3 aromatic carbocycles. The van der Waals surface area contributed by atoms with E-state index in [1.807, 2.05) is 89.3 Å². The number of aryl methyl sites for hydroxylation is 1. The molecule has 208 valence electrons. The number of hydrogen-bond donors (Lipinski definition) is 1. The molecule has 0 spiro atoms. The Morgan fingerprint density at radius 3 is 2.39 bits per heavy atom. The van der Waals surface area contributed by atoms with Crippen molar-refractivity contribution in [2.45, 2.75) is 19.8 Å². The maximum Gasteiger partial charge on any atom is 0.322 e. The van der Waals surface area contributed by atoms with E-state index in [0.29, 0.717) is 37.5 Å². The van der Waals surface area contributed by atoms with E-state index in [9.17, 15) is 4.79 Å². The molecule has 0 saturated carbocycles. The number of benzene rings is 3. The van der Waals surface area contributed by atoms with Crippen molar-refractivity contribution in [3.05, 3.63) is 102 Å². The zero-order valence-electron chi connectivity index (χ0n) is 23.3. The van der Waals surface area contributed by atoms with Gasteiger partial charge in [0.1, 0.15) is 17.4 Å². The van der Waals surface area contributed by atoms with Crippen LogP contribution in [0, 0.1) is 6.92 Å². The van der Waals surface area contributed by atoms with E-state index in [2.05, 4.69) is 22.3 Å². The molecule has 2 aromatic heterocycles. The quantitative estimate of drug-likeness (QED) is 0.303. The van der Waals surface area contributed by atoms with E-state index in [4.69, 9.17) is 19.8 Å². The number of carbonyl (C=O) groups is 1. The van der Waals surface area contributed by atoms with E-state index in [1.165, 1.54) is 0 Å². The molecule has 6 rings (SSSR count). The van der Waals surface area contributed by atoms with Gasteiger partial charge in [-0.25, -0.2) is 19.4 Å². The number of anilines is 2. The molecule has 0 atom stereocenters. The van der Waals surface area contributed by atoms with Crippen LogP contribution in [0.5, 0.6) is 5.75 Å². The Balaban J connectivity index is 1.32. The lowest BCUT2D eigenvalue weighted by molar-refractivity contribution is 0.215. The lowest BCUT2D eigenvalue weighted by Crippen LogP contribution is -2.38. The highest BCUT2D eigenvalue weighted by Gasteiger charge is 2.25. The Labute approximate surface area is 239 Å². The third-order valence-electron chi connectivity index (χ3n) is 7.37. The van der Waals surface area contributed by atoms with Gasteiger partial charge in [-0.05, 0) is 43.2 Å². The molecule has 1 saturated heterocycles. The highest BCUT2D eigenvalue weighted by molar-refractivity contribution is 5.92. The Kier molecular flexibility index (Phi) is 7.49. The second kappa shape index (κ2) is 11.7. The molecule has 0 aliphatic carbocycles. The summed E-state index contributed by atoms with van der Waals surface area (Å²) in [5.74, 6) is 2.25. The van der Waals surface area contributed by atoms with Crippen LogP contribution in [-0.2, 0) is 6.42 Å². The SMILES string of the molecule is COc1ccccc1NC(=O)N1CCCN(c2nc(Cc3ccccc3)nc3c2c(C)nn3-c2ccccc2)CC1. The number of nitrogens with one attached hydrogen (secondary N) is 1. The molecule has 0 bridgehead atoms. The largest absolute Gasteiger partial charge is 0.495 e. The Hall–Kier alpha value is -4.92. The van der Waals surface area contributed by atoms with Gasteiger partial charge in [0, 0.05) is 32.6 Å². The lowest BCUT2D eigenvalue weighted by atomic mass is 10.1. The van der Waals surface area contributed by atoms with E-state index in [1.54, 1.807) is 7.11 Å². The number of aromatic nitrogens is 4. The molecule has 5 aromatic rings. The van der Waals surface area contributed by atoms with E-state index in [-0.39, 0.29) is 6.03 Å². The van der Waals surface area contributed by atoms with Crippen molar-refractivity contribution < 1.29 is 9.53 Å². The molecule has 0 radical (unpaired) electrons. The Bertz CT molecular complexity index is 1650. The predicted octanol–water partition coefficient (Wildman–Crippen LogP) is 5.47. The summed E-state index contributed by atoms with van der Waals surface area (Å²) in [6, 6.07) is 27.7. The fraction of sp³-hybridized carbons (Fsp3) is 0.250. The number of fused-ring (bicyclic) bond motifs is 1. The average molecular weight is 548 g/mol. The molecule has 1 aliphatic heterocycles. The summed E-state index contributed by atoms with van der Waals surface area (Å²) in [4.78, 5) is 27.5. The first-order valence-corrected chi connectivity index (χ1v) is 13.9. The van der Waals surface area contributed by atoms with Gasteiger partial charge in [-0.3, -0.25) is 0 Å². The molecule has 0 unspecified atom stereocenters. The van der Waals surface area contributed by atoms with Crippen molar-refractivity contribution in [1.29, 1.82) is 0 Å². The van der Waals surface area contributed by atoms with Crippen molar-refractivity contribution in [3.8, 4) is 11.4 Å². The fourth-order valence-corrected chi connectivity index (χ4v) is 5.32. The number of carbonyl (C=O) groups excluding carboxylic acids is 1. The number of para-hydroxylation sites is 3. The highest BCUT2D eigenvalue weighted by atomic mass is 16.5. The van der Waals surface area contributed by atoms with Crippen LogP contribution in [0.15, 0.2) is 84.9 Å². The summed E-state index contributed by atoms with van der Waals surface area (Å²) in [5, 5.41) is 8.85. The number of rotatable bonds is 6. The van der Waals surface area contributed by atoms with Gasteiger partial charge in [0.2, 0.25) is 0 Å². The normalized spacial score (nSPS) is 13.7. The first-order valence-electron chi connectivity index (χ1n) is 13.9. The molecule has 1 N–H and O–H groups in total. The van der Waals surface area contributed by atoms with Gasteiger partial charge < -0.3 is 19.9 Å². The second-order valence-electron chi connectivity index (χ2n) is 10.1. The lowest BCUT2D eigenvalue weighted by Gasteiger charge is -2.24. The van der Waals surface area contributed by atoms with Crippen molar-refractivity contribution in [2.24, 2.45) is 0 Å². The summed E-state index contributed by atoms with van der Waals surface area (Å²) in [7, 11) is 1.60. The zero-order valence-corrected chi connectivity index (χ0v) is 23.3. The minimum Gasteiger partial charge on any atom is -0.495 e. The predicted molar refractivity (Wildman–Crippen MR) is 161 cm³/mol. The fourth-order valence-electron chi connectivity index (χ4n) is 5.32. The molecule has 3 heterocycles. The molecule has 9 heteroatoms. The first-order chi connectivity index (χ1) is 20.1. The summed E-state index contributed by atoms with van der Waals surface area (Å²) in [6.07, 6.45) is 1.43. The van der Waals surface area contributed by atoms with Gasteiger partial charge in [-0.1, -0.05) is 60.7 Å². The van der Waals surface area contributed by atoms with Crippen LogP contribution in [0.3, 0.4) is 0 Å². The van der Waals surface area contributed by atoms with Crippen LogP contribution in [0.1, 0.15) is 23.5 Å². The zero-order chi connectivity index (χ0) is 28.2. The number of methoxy groups -OCH3 is 1. The maximum absolute atomic E-state index is 13.2. The third kappa shape index (κ3) is 5.56. The van der Waals surface area contributed by atoms with Crippen molar-refractivity contribution in [2.75, 3.05) is 43.5 Å². The Morgan fingerprint density at radius 1 is 0.878 bits per heavy atom. The molecule has 1 fully saturated rings. The second-order valence-corrected chi connectivity index (χ2v) is 10.1. The van der Waals surface area contributed by atoms with E-state index in [0.717, 1.165) is 52.6 Å². The molecule has 9 nitrogen and oxygen atoms in total. The minimum atomic E-state index is -0.137. The van der Waals surface area contributed by atoms with Gasteiger partial charge in [-0.2, -0.15) is 5.10 Å². The molecule has 41 heavy (non-hydrogen) atoms. The van der Waals surface area contributed by atoms with Crippen LogP contribution in [-0.4, -0.2) is 64.0 Å². The summed E-state index contributed by atoms with van der Waals surface area (Å²) >= 11 is 0. The topological polar surface area (TPSA) is 88.4 Å². The van der Waals surface area contributed by atoms with Gasteiger partial charge >= 0.3 is 6.03 Å². The number of hydrogen-bond acceptors (Lipinski definition) is 6. The smallest absolute Gasteiger partial charge is 0.322 e. The van der Waals surface area contributed by atoms with Crippen LogP contribution in [0.4, 0.5) is 16.3 Å². The highest BCUT2D eigenvalue weighted by Crippen LogP contribution is 2.30. The molecule has 1 aliphatic rings. The average Bonchev–Trinajstić information content (AvgIpc) is 3.16. The minimum absolute atomic E-state index is 0.137. The summed E-state index contributed by atoms with van der Waals surface area (Å²) < 4.78 is 7.32. The number of ether oxygens (including phenoxy) is 1. The number of amides is 2. The van der Waals surface area contributed by atoms with Gasteiger partial charge in [-0.15, -0.1) is 0 Å². The Morgan fingerprint density at radius 2 is 1.61 bits per heavy atom. The molecule has 2 amide bonds. The third-order valence-corrected chi connectivity index (χ3v) is 7.37. The van der Waals surface area contributed by atoms with E-state index >= 15 is 0 Å². The van der Waals surface area contributed by atoms with E-state index < -0.39 is 0 Å². The van der Waals surface area contributed by atoms with Gasteiger partial charge in [0.25, 0.3) is 0 Å². The van der Waals surface area contributed by atoms with Crippen LogP contribution in [0.2, 0.25) is 0 Å². The summed E-state index contributed by atoms with van der Waals surface area (Å²) in [6.45, 7) is 4.63. The van der Waals surface area contributed by atoms with Crippen molar-refractivity contribution in [3.63, 3.8) is 0 Å². The molecular weight excluding hydrogens is 514 g/mol. The van der Waals surface area contributed by atoms with Crippen LogP contribution in [0.25, 0.3) is 16.7 Å². The monoisotopic (exact) mass is 547 g/mol. The van der Waals surface area contributed by atoms with Crippen molar-refractivity contribution in [1.82, 2.24) is 24.6 Å².